The number of aromatic nitrogens is 2. The summed E-state index contributed by atoms with van der Waals surface area (Å²) < 4.78 is 5.00. The Balaban J connectivity index is 2.26. The third-order valence-electron chi connectivity index (χ3n) is 2.91. The number of aryl methyl sites for hydroxylation is 3. The van der Waals surface area contributed by atoms with E-state index in [4.69, 9.17) is 4.74 Å². The zero-order valence-electron chi connectivity index (χ0n) is 12.4. The third-order valence-corrected chi connectivity index (χ3v) is 3.99. The highest BCUT2D eigenvalue weighted by atomic mass is 32.1. The number of hydrogen-bond donors (Lipinski definition) is 2. The standard InChI is InChI=1S/C14H17N3O3S/c1-5-20-14(19)11-7(2)15-6-10(11)17-13(18)12-8(3)16-9(4)21-12/h6,15H,5H2,1-4H3,(H,17,18). The second kappa shape index (κ2) is 6.09. The van der Waals surface area contributed by atoms with Crippen LogP contribution in [0.1, 0.15) is 43.3 Å². The second-order valence-electron chi connectivity index (χ2n) is 4.52. The van der Waals surface area contributed by atoms with Crippen LogP contribution in [0, 0.1) is 20.8 Å². The van der Waals surface area contributed by atoms with E-state index < -0.39 is 5.97 Å². The number of rotatable bonds is 4. The van der Waals surface area contributed by atoms with Gasteiger partial charge in [0.25, 0.3) is 5.91 Å². The Morgan fingerprint density at radius 1 is 1.38 bits per heavy atom. The van der Waals surface area contributed by atoms with Gasteiger partial charge < -0.3 is 15.0 Å². The first-order valence-electron chi connectivity index (χ1n) is 6.54. The normalized spacial score (nSPS) is 10.5. The first kappa shape index (κ1) is 15.2. The predicted octanol–water partition coefficient (Wildman–Crippen LogP) is 2.83. The molecule has 0 bridgehead atoms. The van der Waals surface area contributed by atoms with Crippen molar-refractivity contribution < 1.29 is 14.3 Å². The third kappa shape index (κ3) is 3.13. The van der Waals surface area contributed by atoms with Crippen molar-refractivity contribution >= 4 is 28.9 Å². The molecule has 2 aromatic rings. The van der Waals surface area contributed by atoms with Crippen LogP contribution >= 0.6 is 11.3 Å². The van der Waals surface area contributed by atoms with Crippen molar-refractivity contribution in [3.8, 4) is 0 Å². The monoisotopic (exact) mass is 307 g/mol. The summed E-state index contributed by atoms with van der Waals surface area (Å²) >= 11 is 1.32. The van der Waals surface area contributed by atoms with Crippen molar-refractivity contribution in [2.45, 2.75) is 27.7 Å². The maximum Gasteiger partial charge on any atom is 0.342 e. The number of aromatic amines is 1. The van der Waals surface area contributed by atoms with Crippen LogP contribution in [0.15, 0.2) is 6.20 Å². The van der Waals surface area contributed by atoms with Crippen molar-refractivity contribution in [3.63, 3.8) is 0 Å². The van der Waals surface area contributed by atoms with Crippen LogP contribution < -0.4 is 5.32 Å². The minimum atomic E-state index is -0.455. The van der Waals surface area contributed by atoms with E-state index in [1.807, 2.05) is 6.92 Å². The fraction of sp³-hybridized carbons (Fsp3) is 0.357. The molecule has 0 aromatic carbocycles. The van der Waals surface area contributed by atoms with E-state index in [0.717, 1.165) is 5.01 Å². The van der Waals surface area contributed by atoms with Crippen molar-refractivity contribution in [3.05, 3.63) is 33.0 Å². The van der Waals surface area contributed by atoms with Crippen LogP contribution in [0.3, 0.4) is 0 Å². The van der Waals surface area contributed by atoms with Crippen molar-refractivity contribution in [1.82, 2.24) is 9.97 Å². The summed E-state index contributed by atoms with van der Waals surface area (Å²) in [7, 11) is 0. The molecule has 21 heavy (non-hydrogen) atoms. The average molecular weight is 307 g/mol. The molecule has 1 amide bonds. The molecule has 0 fully saturated rings. The topological polar surface area (TPSA) is 84.1 Å². The highest BCUT2D eigenvalue weighted by Crippen LogP contribution is 2.23. The molecule has 0 saturated heterocycles. The Morgan fingerprint density at radius 3 is 2.67 bits per heavy atom. The Labute approximate surface area is 126 Å². The molecule has 0 saturated carbocycles. The van der Waals surface area contributed by atoms with Crippen molar-refractivity contribution in [2.24, 2.45) is 0 Å². The Kier molecular flexibility index (Phi) is 4.42. The molecule has 0 atom stereocenters. The number of thiazole rings is 1. The molecular formula is C14H17N3O3S. The summed E-state index contributed by atoms with van der Waals surface area (Å²) in [6, 6.07) is 0. The number of nitrogens with zero attached hydrogens (tertiary/aromatic N) is 1. The molecule has 112 valence electrons. The first-order chi connectivity index (χ1) is 9.93. The number of hydrogen-bond acceptors (Lipinski definition) is 5. The summed E-state index contributed by atoms with van der Waals surface area (Å²) in [6.45, 7) is 7.40. The van der Waals surface area contributed by atoms with E-state index in [1.165, 1.54) is 11.3 Å². The van der Waals surface area contributed by atoms with E-state index in [2.05, 4.69) is 15.3 Å². The summed E-state index contributed by atoms with van der Waals surface area (Å²) in [5.74, 6) is -0.730. The van der Waals surface area contributed by atoms with Gasteiger partial charge in [-0.1, -0.05) is 0 Å². The highest BCUT2D eigenvalue weighted by Gasteiger charge is 2.21. The van der Waals surface area contributed by atoms with E-state index in [9.17, 15) is 9.59 Å². The SMILES string of the molecule is CCOC(=O)c1c(NC(=O)c2sc(C)nc2C)c[nH]c1C. The Hall–Kier alpha value is -2.15. The smallest absolute Gasteiger partial charge is 0.342 e. The van der Waals surface area contributed by atoms with Crippen LogP contribution in [0.5, 0.6) is 0 Å². The van der Waals surface area contributed by atoms with Crippen LogP contribution in [0.4, 0.5) is 5.69 Å². The molecule has 7 heteroatoms. The number of esters is 1. The van der Waals surface area contributed by atoms with Gasteiger partial charge in [-0.05, 0) is 27.7 Å². The van der Waals surface area contributed by atoms with Gasteiger partial charge in [0.2, 0.25) is 0 Å². The molecule has 0 aliphatic carbocycles. The largest absolute Gasteiger partial charge is 0.462 e. The fourth-order valence-electron chi connectivity index (χ4n) is 2.01. The summed E-state index contributed by atoms with van der Waals surface area (Å²) in [4.78, 5) is 31.9. The molecule has 2 aromatic heterocycles. The maximum atomic E-state index is 12.3. The molecular weight excluding hydrogens is 290 g/mol. The molecule has 2 rings (SSSR count). The van der Waals surface area contributed by atoms with Gasteiger partial charge in [-0.15, -0.1) is 11.3 Å². The van der Waals surface area contributed by atoms with Gasteiger partial charge in [0, 0.05) is 11.9 Å². The minimum Gasteiger partial charge on any atom is -0.462 e. The van der Waals surface area contributed by atoms with Crippen molar-refractivity contribution in [2.75, 3.05) is 11.9 Å². The van der Waals surface area contributed by atoms with E-state index in [1.54, 1.807) is 27.0 Å². The van der Waals surface area contributed by atoms with E-state index in [-0.39, 0.29) is 12.5 Å². The molecule has 0 spiro atoms. The second-order valence-corrected chi connectivity index (χ2v) is 5.73. The van der Waals surface area contributed by atoms with E-state index >= 15 is 0 Å². The van der Waals surface area contributed by atoms with Crippen LogP contribution in [0.25, 0.3) is 0 Å². The number of amides is 1. The number of nitrogens with one attached hydrogen (secondary N) is 2. The average Bonchev–Trinajstić information content (AvgIpc) is 2.92. The molecule has 0 aliphatic rings. The van der Waals surface area contributed by atoms with Gasteiger partial charge in [-0.3, -0.25) is 4.79 Å². The number of carbonyl (C=O) groups is 2. The molecule has 6 nitrogen and oxygen atoms in total. The maximum absolute atomic E-state index is 12.3. The van der Waals surface area contributed by atoms with Gasteiger partial charge in [-0.25, -0.2) is 9.78 Å². The van der Waals surface area contributed by atoms with Gasteiger partial charge >= 0.3 is 5.97 Å². The predicted molar refractivity (Wildman–Crippen MR) is 81.0 cm³/mol. The zero-order valence-corrected chi connectivity index (χ0v) is 13.2. The van der Waals surface area contributed by atoms with E-state index in [0.29, 0.717) is 27.5 Å². The number of carbonyl (C=O) groups excluding carboxylic acids is 2. The lowest BCUT2D eigenvalue weighted by atomic mass is 10.2. The number of ether oxygens (including phenoxy) is 1. The van der Waals surface area contributed by atoms with Crippen LogP contribution in [-0.4, -0.2) is 28.5 Å². The molecule has 0 radical (unpaired) electrons. The Morgan fingerprint density at radius 2 is 2.10 bits per heavy atom. The first-order valence-corrected chi connectivity index (χ1v) is 7.36. The van der Waals surface area contributed by atoms with Crippen LogP contribution in [0.2, 0.25) is 0 Å². The Bertz CT molecular complexity index is 688. The lowest BCUT2D eigenvalue weighted by Gasteiger charge is -2.06. The number of H-pyrrole nitrogens is 1. The summed E-state index contributed by atoms with van der Waals surface area (Å²) in [6.07, 6.45) is 1.59. The van der Waals surface area contributed by atoms with Gasteiger partial charge in [-0.2, -0.15) is 0 Å². The van der Waals surface area contributed by atoms with Gasteiger partial charge in [0.15, 0.2) is 0 Å². The molecule has 2 N–H and O–H groups in total. The molecule has 2 heterocycles. The van der Waals surface area contributed by atoms with Gasteiger partial charge in [0.1, 0.15) is 10.4 Å². The number of anilines is 1. The summed E-state index contributed by atoms with van der Waals surface area (Å²) in [5, 5.41) is 3.57. The highest BCUT2D eigenvalue weighted by molar-refractivity contribution is 7.13. The lowest BCUT2D eigenvalue weighted by Crippen LogP contribution is -2.15. The molecule has 0 unspecified atom stereocenters. The lowest BCUT2D eigenvalue weighted by molar-refractivity contribution is 0.0527. The summed E-state index contributed by atoms with van der Waals surface area (Å²) in [5.41, 5.74) is 2.10. The van der Waals surface area contributed by atoms with Crippen molar-refractivity contribution in [1.29, 1.82) is 0 Å². The minimum absolute atomic E-state index is 0.275. The van der Waals surface area contributed by atoms with Crippen LogP contribution in [-0.2, 0) is 4.74 Å². The molecule has 0 aliphatic heterocycles. The fourth-order valence-corrected chi connectivity index (χ4v) is 2.83. The van der Waals surface area contributed by atoms with Gasteiger partial charge in [0.05, 0.1) is 23.0 Å². The quantitative estimate of drug-likeness (QED) is 0.851. The zero-order chi connectivity index (χ0) is 15.6.